The minimum atomic E-state index is -0.927. The highest BCUT2D eigenvalue weighted by molar-refractivity contribution is 5.96. The van der Waals surface area contributed by atoms with E-state index < -0.39 is 16.4 Å². The van der Waals surface area contributed by atoms with Gasteiger partial charge in [0.15, 0.2) is 0 Å². The Morgan fingerprint density at radius 3 is 2.83 bits per heavy atom. The van der Waals surface area contributed by atoms with Crippen LogP contribution in [0.3, 0.4) is 0 Å². The van der Waals surface area contributed by atoms with Gasteiger partial charge in [0.2, 0.25) is 11.7 Å². The number of hydrogen-bond acceptors (Lipinski definition) is 3. The zero-order valence-electron chi connectivity index (χ0n) is 9.30. The molecule has 0 aliphatic carbocycles. The van der Waals surface area contributed by atoms with Crippen molar-refractivity contribution >= 4 is 17.3 Å². The molecule has 0 N–H and O–H groups in total. The van der Waals surface area contributed by atoms with Crippen LogP contribution in [-0.2, 0) is 4.79 Å². The van der Waals surface area contributed by atoms with Gasteiger partial charge in [0.25, 0.3) is 0 Å². The van der Waals surface area contributed by atoms with E-state index in [1.54, 1.807) is 0 Å². The average Bonchev–Trinajstić information content (AvgIpc) is 2.71. The van der Waals surface area contributed by atoms with Gasteiger partial charge in [-0.05, 0) is 12.1 Å². The molecule has 6 heteroatoms. The number of carbonyl (C=O) groups is 1. The van der Waals surface area contributed by atoms with Crippen molar-refractivity contribution in [2.75, 3.05) is 11.4 Å². The van der Waals surface area contributed by atoms with E-state index in [0.29, 0.717) is 12.2 Å². The largest absolute Gasteiger partial charge is 0.311 e. The standard InChI is InChI=1S/C12H9FN2O3/c1-2-8-5-12(16)14(7-8)9-3-4-10(13)11(6-9)15(17)18/h1,3-4,6,8H,5,7H2. The van der Waals surface area contributed by atoms with Crippen molar-refractivity contribution in [3.8, 4) is 12.3 Å². The highest BCUT2D eigenvalue weighted by atomic mass is 19.1. The van der Waals surface area contributed by atoms with Gasteiger partial charge in [-0.15, -0.1) is 12.3 Å². The predicted molar refractivity (Wildman–Crippen MR) is 62.3 cm³/mol. The molecule has 0 aromatic heterocycles. The molecule has 92 valence electrons. The lowest BCUT2D eigenvalue weighted by Gasteiger charge is -2.15. The Balaban J connectivity index is 2.35. The second kappa shape index (κ2) is 4.45. The first-order chi connectivity index (χ1) is 8.52. The first-order valence-corrected chi connectivity index (χ1v) is 5.23. The maximum atomic E-state index is 13.2. The monoisotopic (exact) mass is 248 g/mol. The summed E-state index contributed by atoms with van der Waals surface area (Å²) in [5, 5.41) is 10.6. The number of hydrogen-bond donors (Lipinski definition) is 0. The lowest BCUT2D eigenvalue weighted by Crippen LogP contribution is -2.24. The zero-order chi connectivity index (χ0) is 13.3. The summed E-state index contributed by atoms with van der Waals surface area (Å²) in [6.45, 7) is 0.304. The SMILES string of the molecule is C#CC1CC(=O)N(c2ccc(F)c([N+](=O)[O-])c2)C1. The van der Waals surface area contributed by atoms with E-state index >= 15 is 0 Å². The Labute approximate surface area is 102 Å². The number of halogens is 1. The molecule has 1 aromatic carbocycles. The van der Waals surface area contributed by atoms with Gasteiger partial charge in [0.1, 0.15) is 0 Å². The summed E-state index contributed by atoms with van der Waals surface area (Å²) in [6.07, 6.45) is 5.45. The molecule has 1 saturated heterocycles. The molecule has 1 fully saturated rings. The highest BCUT2D eigenvalue weighted by Crippen LogP contribution is 2.29. The Morgan fingerprint density at radius 1 is 1.56 bits per heavy atom. The van der Waals surface area contributed by atoms with Gasteiger partial charge in [-0.2, -0.15) is 4.39 Å². The first kappa shape index (κ1) is 12.0. The van der Waals surface area contributed by atoms with Crippen LogP contribution < -0.4 is 4.90 Å². The van der Waals surface area contributed by atoms with Crippen LogP contribution in [0.25, 0.3) is 0 Å². The molecule has 0 radical (unpaired) electrons. The van der Waals surface area contributed by atoms with Crippen LogP contribution in [0, 0.1) is 34.2 Å². The number of terminal acetylenes is 1. The van der Waals surface area contributed by atoms with E-state index in [9.17, 15) is 19.3 Å². The smallest absolute Gasteiger partial charge is 0.306 e. The van der Waals surface area contributed by atoms with Crippen LogP contribution in [0.15, 0.2) is 18.2 Å². The number of anilines is 1. The number of nitrogens with zero attached hydrogens (tertiary/aromatic N) is 2. The molecule has 1 amide bonds. The summed E-state index contributed by atoms with van der Waals surface area (Å²) in [4.78, 5) is 22.8. The van der Waals surface area contributed by atoms with E-state index in [1.807, 2.05) is 0 Å². The average molecular weight is 248 g/mol. The first-order valence-electron chi connectivity index (χ1n) is 5.23. The Morgan fingerprint density at radius 2 is 2.28 bits per heavy atom. The molecule has 0 spiro atoms. The summed E-state index contributed by atoms with van der Waals surface area (Å²) in [5.41, 5.74) is -0.352. The van der Waals surface area contributed by atoms with Gasteiger partial charge < -0.3 is 4.90 Å². The Bertz CT molecular complexity index is 565. The quantitative estimate of drug-likeness (QED) is 0.454. The van der Waals surface area contributed by atoms with Crippen LogP contribution in [0.1, 0.15) is 6.42 Å². The van der Waals surface area contributed by atoms with E-state index in [0.717, 1.165) is 12.1 Å². The molecular formula is C12H9FN2O3. The topological polar surface area (TPSA) is 63.5 Å². The third kappa shape index (κ3) is 2.02. The van der Waals surface area contributed by atoms with Crippen molar-refractivity contribution in [1.29, 1.82) is 0 Å². The van der Waals surface area contributed by atoms with Crippen LogP contribution in [-0.4, -0.2) is 17.4 Å². The van der Waals surface area contributed by atoms with E-state index in [4.69, 9.17) is 6.42 Å². The van der Waals surface area contributed by atoms with E-state index in [-0.39, 0.29) is 18.2 Å². The summed E-state index contributed by atoms with van der Waals surface area (Å²) < 4.78 is 13.2. The molecule has 1 heterocycles. The molecule has 0 bridgehead atoms. The van der Waals surface area contributed by atoms with Gasteiger partial charge in [0, 0.05) is 24.9 Å². The lowest BCUT2D eigenvalue weighted by molar-refractivity contribution is -0.387. The Hall–Kier alpha value is -2.42. The van der Waals surface area contributed by atoms with Crippen molar-refractivity contribution in [3.05, 3.63) is 34.1 Å². The van der Waals surface area contributed by atoms with Gasteiger partial charge in [-0.3, -0.25) is 14.9 Å². The lowest BCUT2D eigenvalue weighted by atomic mass is 10.1. The minimum Gasteiger partial charge on any atom is -0.311 e. The number of amides is 1. The van der Waals surface area contributed by atoms with Gasteiger partial charge in [-0.1, -0.05) is 0 Å². The van der Waals surface area contributed by atoms with Crippen LogP contribution in [0.5, 0.6) is 0 Å². The van der Waals surface area contributed by atoms with Crippen molar-refractivity contribution in [2.45, 2.75) is 6.42 Å². The summed E-state index contributed by atoms with van der Waals surface area (Å²) in [6, 6.07) is 3.36. The fraction of sp³-hybridized carbons (Fsp3) is 0.250. The number of nitro groups is 1. The van der Waals surface area contributed by atoms with Gasteiger partial charge >= 0.3 is 5.69 Å². The van der Waals surface area contributed by atoms with Crippen molar-refractivity contribution in [1.82, 2.24) is 0 Å². The van der Waals surface area contributed by atoms with Crippen LogP contribution >= 0.6 is 0 Å². The maximum Gasteiger partial charge on any atom is 0.306 e. The molecule has 1 aliphatic rings. The van der Waals surface area contributed by atoms with E-state index in [2.05, 4.69) is 5.92 Å². The molecule has 18 heavy (non-hydrogen) atoms. The molecule has 5 nitrogen and oxygen atoms in total. The van der Waals surface area contributed by atoms with Gasteiger partial charge in [-0.25, -0.2) is 0 Å². The number of carbonyl (C=O) groups excluding carboxylic acids is 1. The van der Waals surface area contributed by atoms with Crippen molar-refractivity contribution in [3.63, 3.8) is 0 Å². The maximum absolute atomic E-state index is 13.2. The zero-order valence-corrected chi connectivity index (χ0v) is 9.30. The number of nitro benzene ring substituents is 1. The molecule has 1 atom stereocenters. The second-order valence-electron chi connectivity index (χ2n) is 3.96. The molecule has 1 aromatic rings. The highest BCUT2D eigenvalue weighted by Gasteiger charge is 2.30. The summed E-state index contributed by atoms with van der Waals surface area (Å²) >= 11 is 0. The normalized spacial score (nSPS) is 18.8. The number of rotatable bonds is 2. The van der Waals surface area contributed by atoms with Crippen molar-refractivity contribution < 1.29 is 14.1 Å². The Kier molecular flexibility index (Phi) is 2.98. The molecular weight excluding hydrogens is 239 g/mol. The fourth-order valence-electron chi connectivity index (χ4n) is 1.88. The predicted octanol–water partition coefficient (Wildman–Crippen LogP) is 1.72. The fourth-order valence-corrected chi connectivity index (χ4v) is 1.88. The molecule has 0 saturated carbocycles. The summed E-state index contributed by atoms with van der Waals surface area (Å²) in [5.74, 6) is 1.13. The van der Waals surface area contributed by atoms with Crippen LogP contribution in [0.4, 0.5) is 15.8 Å². The second-order valence-corrected chi connectivity index (χ2v) is 3.96. The third-order valence-electron chi connectivity index (χ3n) is 2.80. The summed E-state index contributed by atoms with van der Waals surface area (Å²) in [7, 11) is 0. The number of benzene rings is 1. The van der Waals surface area contributed by atoms with Crippen LogP contribution in [0.2, 0.25) is 0 Å². The van der Waals surface area contributed by atoms with E-state index in [1.165, 1.54) is 11.0 Å². The van der Waals surface area contributed by atoms with Gasteiger partial charge in [0.05, 0.1) is 10.6 Å². The third-order valence-corrected chi connectivity index (χ3v) is 2.80. The molecule has 2 rings (SSSR count). The molecule has 1 unspecified atom stereocenters. The minimum absolute atomic E-state index is 0.207. The molecule has 1 aliphatic heterocycles. The van der Waals surface area contributed by atoms with Crippen molar-refractivity contribution in [2.24, 2.45) is 5.92 Å².